The van der Waals surface area contributed by atoms with Crippen LogP contribution in [0.15, 0.2) is 18.2 Å². The summed E-state index contributed by atoms with van der Waals surface area (Å²) in [5.41, 5.74) is 13.4. The Morgan fingerprint density at radius 1 is 0.947 bits per heavy atom. The molecule has 0 spiro atoms. The third-order valence-corrected chi connectivity index (χ3v) is 5.35. The zero-order valence-electron chi connectivity index (χ0n) is 11.3. The SMILES string of the molecule is Nc1ccc(N)c(OC23CC4CC(CC(C4)C2)C3)c1. The normalized spacial score (nSPS) is 39.5. The molecule has 1 aromatic rings. The maximum Gasteiger partial charge on any atom is 0.145 e. The molecule has 4 N–H and O–H groups in total. The summed E-state index contributed by atoms with van der Waals surface area (Å²) < 4.78 is 6.42. The van der Waals surface area contributed by atoms with Crippen molar-refractivity contribution < 1.29 is 4.74 Å². The van der Waals surface area contributed by atoms with Crippen LogP contribution in [0.5, 0.6) is 5.75 Å². The first kappa shape index (κ1) is 11.4. The fraction of sp³-hybridized carbons (Fsp3) is 0.625. The molecule has 3 heteroatoms. The van der Waals surface area contributed by atoms with E-state index in [0.717, 1.165) is 29.2 Å². The van der Waals surface area contributed by atoms with Crippen molar-refractivity contribution in [3.63, 3.8) is 0 Å². The first-order valence-corrected chi connectivity index (χ1v) is 7.46. The Morgan fingerprint density at radius 3 is 2.11 bits per heavy atom. The second-order valence-electron chi connectivity index (χ2n) is 7.00. The van der Waals surface area contributed by atoms with E-state index in [0.29, 0.717) is 5.69 Å². The van der Waals surface area contributed by atoms with Gasteiger partial charge in [0.2, 0.25) is 0 Å². The minimum Gasteiger partial charge on any atom is -0.485 e. The van der Waals surface area contributed by atoms with Crippen LogP contribution in [0.25, 0.3) is 0 Å². The van der Waals surface area contributed by atoms with Crippen molar-refractivity contribution in [2.75, 3.05) is 11.5 Å². The molecule has 0 aromatic heterocycles. The van der Waals surface area contributed by atoms with Crippen molar-refractivity contribution in [1.82, 2.24) is 0 Å². The van der Waals surface area contributed by atoms with E-state index in [2.05, 4.69) is 0 Å². The number of anilines is 2. The van der Waals surface area contributed by atoms with E-state index in [-0.39, 0.29) is 5.60 Å². The zero-order valence-corrected chi connectivity index (χ0v) is 11.3. The third kappa shape index (κ3) is 1.87. The van der Waals surface area contributed by atoms with Gasteiger partial charge in [-0.1, -0.05) is 0 Å². The Labute approximate surface area is 114 Å². The zero-order chi connectivity index (χ0) is 13.0. The Kier molecular flexibility index (Phi) is 2.30. The topological polar surface area (TPSA) is 61.3 Å². The van der Waals surface area contributed by atoms with Gasteiger partial charge < -0.3 is 16.2 Å². The van der Waals surface area contributed by atoms with Gasteiger partial charge in [-0.25, -0.2) is 0 Å². The van der Waals surface area contributed by atoms with E-state index in [4.69, 9.17) is 16.2 Å². The molecule has 0 unspecified atom stereocenters. The lowest BCUT2D eigenvalue weighted by Crippen LogP contribution is -2.53. The summed E-state index contributed by atoms with van der Waals surface area (Å²) >= 11 is 0. The van der Waals surface area contributed by atoms with Gasteiger partial charge in [0.15, 0.2) is 0 Å². The van der Waals surface area contributed by atoms with Crippen molar-refractivity contribution in [1.29, 1.82) is 0 Å². The van der Waals surface area contributed by atoms with Crippen molar-refractivity contribution in [2.45, 2.75) is 44.1 Å². The number of rotatable bonds is 2. The molecule has 3 nitrogen and oxygen atoms in total. The van der Waals surface area contributed by atoms with Gasteiger partial charge in [0.05, 0.1) is 5.69 Å². The predicted octanol–water partition coefficient (Wildman–Crippen LogP) is 3.20. The molecule has 19 heavy (non-hydrogen) atoms. The quantitative estimate of drug-likeness (QED) is 0.801. The minimum absolute atomic E-state index is 0.0522. The van der Waals surface area contributed by atoms with Crippen LogP contribution in [0.4, 0.5) is 11.4 Å². The van der Waals surface area contributed by atoms with E-state index in [1.165, 1.54) is 38.5 Å². The first-order chi connectivity index (χ1) is 9.12. The van der Waals surface area contributed by atoms with E-state index in [1.54, 1.807) is 0 Å². The summed E-state index contributed by atoms with van der Waals surface area (Å²) in [6, 6.07) is 5.57. The fourth-order valence-electron chi connectivity index (χ4n) is 5.03. The molecule has 4 fully saturated rings. The molecule has 4 aliphatic rings. The van der Waals surface area contributed by atoms with E-state index < -0.39 is 0 Å². The Hall–Kier alpha value is -1.38. The van der Waals surface area contributed by atoms with Gasteiger partial charge in [-0.05, 0) is 68.4 Å². The Bertz CT molecular complexity index is 476. The number of nitrogens with two attached hydrogens (primary N) is 2. The smallest absolute Gasteiger partial charge is 0.145 e. The molecule has 0 atom stereocenters. The van der Waals surface area contributed by atoms with Crippen molar-refractivity contribution in [2.24, 2.45) is 17.8 Å². The largest absolute Gasteiger partial charge is 0.485 e. The van der Waals surface area contributed by atoms with Crippen molar-refractivity contribution in [3.05, 3.63) is 18.2 Å². The molecule has 4 aliphatic carbocycles. The Balaban J connectivity index is 1.64. The Morgan fingerprint density at radius 2 is 1.53 bits per heavy atom. The van der Waals surface area contributed by atoms with Gasteiger partial charge in [0.25, 0.3) is 0 Å². The summed E-state index contributed by atoms with van der Waals surface area (Å²) in [4.78, 5) is 0. The number of benzene rings is 1. The van der Waals surface area contributed by atoms with Gasteiger partial charge in [0, 0.05) is 11.8 Å². The number of ether oxygens (including phenoxy) is 1. The highest BCUT2D eigenvalue weighted by atomic mass is 16.5. The molecule has 102 valence electrons. The number of nitrogen functional groups attached to an aromatic ring is 2. The number of hydrogen-bond donors (Lipinski definition) is 2. The minimum atomic E-state index is 0.0522. The van der Waals surface area contributed by atoms with E-state index in [1.807, 2.05) is 18.2 Å². The van der Waals surface area contributed by atoms with Crippen molar-refractivity contribution in [3.8, 4) is 5.75 Å². The van der Waals surface area contributed by atoms with Crippen LogP contribution in [0, 0.1) is 17.8 Å². The van der Waals surface area contributed by atoms with Gasteiger partial charge in [0.1, 0.15) is 11.4 Å². The van der Waals surface area contributed by atoms with Gasteiger partial charge in [-0.2, -0.15) is 0 Å². The second-order valence-corrected chi connectivity index (χ2v) is 7.00. The molecule has 4 bridgehead atoms. The van der Waals surface area contributed by atoms with Crippen LogP contribution < -0.4 is 16.2 Å². The van der Waals surface area contributed by atoms with Crippen LogP contribution in [-0.4, -0.2) is 5.60 Å². The molecule has 0 amide bonds. The predicted molar refractivity (Wildman–Crippen MR) is 76.8 cm³/mol. The first-order valence-electron chi connectivity index (χ1n) is 7.46. The standard InChI is InChI=1S/C16H22N2O/c17-13-1-2-14(18)15(6-13)19-16-7-10-3-11(8-16)5-12(4-10)9-16/h1-2,6,10-12H,3-5,7-9,17-18H2. The van der Waals surface area contributed by atoms with Crippen molar-refractivity contribution >= 4 is 11.4 Å². The number of hydrogen-bond acceptors (Lipinski definition) is 3. The average molecular weight is 258 g/mol. The van der Waals surface area contributed by atoms with Gasteiger partial charge in [-0.15, -0.1) is 0 Å². The lowest BCUT2D eigenvalue weighted by atomic mass is 9.54. The molecule has 0 heterocycles. The average Bonchev–Trinajstić information content (AvgIpc) is 2.31. The highest BCUT2D eigenvalue weighted by molar-refractivity contribution is 5.59. The van der Waals surface area contributed by atoms with Gasteiger partial charge >= 0.3 is 0 Å². The van der Waals surface area contributed by atoms with Crippen LogP contribution in [0.2, 0.25) is 0 Å². The molecular formula is C16H22N2O. The lowest BCUT2D eigenvalue weighted by molar-refractivity contribution is -0.107. The maximum atomic E-state index is 6.42. The molecule has 1 aromatic carbocycles. The van der Waals surface area contributed by atoms with Crippen LogP contribution >= 0.6 is 0 Å². The van der Waals surface area contributed by atoms with Gasteiger partial charge in [-0.3, -0.25) is 0 Å². The summed E-state index contributed by atoms with van der Waals surface area (Å²) in [7, 11) is 0. The van der Waals surface area contributed by atoms with Crippen LogP contribution in [0.3, 0.4) is 0 Å². The highest BCUT2D eigenvalue weighted by Crippen LogP contribution is 2.57. The monoisotopic (exact) mass is 258 g/mol. The molecule has 4 saturated carbocycles. The summed E-state index contributed by atoms with van der Waals surface area (Å²) in [5.74, 6) is 3.44. The highest BCUT2D eigenvalue weighted by Gasteiger charge is 2.52. The lowest BCUT2D eigenvalue weighted by Gasteiger charge is -2.56. The third-order valence-electron chi connectivity index (χ3n) is 5.35. The molecule has 0 saturated heterocycles. The maximum absolute atomic E-state index is 6.42. The van der Waals surface area contributed by atoms with Crippen LogP contribution in [-0.2, 0) is 0 Å². The molecule has 0 aliphatic heterocycles. The fourth-order valence-corrected chi connectivity index (χ4v) is 5.03. The molecular weight excluding hydrogens is 236 g/mol. The second kappa shape index (κ2) is 3.81. The summed E-state index contributed by atoms with van der Waals surface area (Å²) in [6.07, 6.45) is 7.92. The van der Waals surface area contributed by atoms with E-state index >= 15 is 0 Å². The van der Waals surface area contributed by atoms with E-state index in [9.17, 15) is 0 Å². The summed E-state index contributed by atoms with van der Waals surface area (Å²) in [5, 5.41) is 0. The molecule has 0 radical (unpaired) electrons. The van der Waals surface area contributed by atoms with Crippen LogP contribution in [0.1, 0.15) is 38.5 Å². The summed E-state index contributed by atoms with van der Waals surface area (Å²) in [6.45, 7) is 0. The molecule has 5 rings (SSSR count).